The molecular weight excluding hydrogens is 303 g/mol. The lowest BCUT2D eigenvalue weighted by Gasteiger charge is -2.19. The predicted molar refractivity (Wildman–Crippen MR) is 78.0 cm³/mol. The van der Waals surface area contributed by atoms with E-state index in [-0.39, 0.29) is 42.2 Å². The van der Waals surface area contributed by atoms with Gasteiger partial charge in [0.1, 0.15) is 5.82 Å². The average molecular weight is 320 g/mol. The number of carbonyl (C=O) groups excluding carboxylic acids is 2. The number of hydrogen-bond acceptors (Lipinski definition) is 3. The van der Waals surface area contributed by atoms with Crippen molar-refractivity contribution in [2.24, 2.45) is 17.8 Å². The molecule has 1 aliphatic heterocycles. The molecule has 1 heterocycles. The third-order valence-corrected chi connectivity index (χ3v) is 4.57. The standard InChI is InChI=1S/C16H17FN2O4/c17-12-4-2-1-3-9(12)15(21)18-6-5-13(20)19-7-10-11(8-19)14(10)16(22)23/h1-4,10-11,14H,5-8H2,(H,18,21)(H,22,23)/t10-,11+,14?. The van der Waals surface area contributed by atoms with Crippen LogP contribution in [-0.4, -0.2) is 47.4 Å². The Balaban J connectivity index is 1.42. The lowest BCUT2D eigenvalue weighted by Crippen LogP contribution is -2.35. The number of hydrogen-bond donors (Lipinski definition) is 2. The van der Waals surface area contributed by atoms with Crippen LogP contribution in [0.1, 0.15) is 16.8 Å². The van der Waals surface area contributed by atoms with E-state index in [4.69, 9.17) is 5.11 Å². The van der Waals surface area contributed by atoms with E-state index in [9.17, 15) is 18.8 Å². The van der Waals surface area contributed by atoms with Gasteiger partial charge >= 0.3 is 5.97 Å². The van der Waals surface area contributed by atoms with Crippen molar-refractivity contribution in [2.75, 3.05) is 19.6 Å². The average Bonchev–Trinajstić information content (AvgIpc) is 3.03. The zero-order valence-corrected chi connectivity index (χ0v) is 12.4. The first kappa shape index (κ1) is 15.5. The summed E-state index contributed by atoms with van der Waals surface area (Å²) in [6.07, 6.45) is 0.122. The minimum atomic E-state index is -0.788. The highest BCUT2D eigenvalue weighted by atomic mass is 19.1. The minimum Gasteiger partial charge on any atom is -0.481 e. The van der Waals surface area contributed by atoms with Gasteiger partial charge in [0.2, 0.25) is 5.91 Å². The van der Waals surface area contributed by atoms with Crippen molar-refractivity contribution in [3.63, 3.8) is 0 Å². The quantitative estimate of drug-likeness (QED) is 0.837. The van der Waals surface area contributed by atoms with Crippen molar-refractivity contribution < 1.29 is 23.9 Å². The summed E-state index contributed by atoms with van der Waals surface area (Å²) in [7, 11) is 0. The summed E-state index contributed by atoms with van der Waals surface area (Å²) in [4.78, 5) is 36.4. The second-order valence-corrected chi connectivity index (χ2v) is 5.98. The summed E-state index contributed by atoms with van der Waals surface area (Å²) in [5, 5.41) is 11.5. The fraction of sp³-hybridized carbons (Fsp3) is 0.438. The summed E-state index contributed by atoms with van der Waals surface area (Å²) in [5.74, 6) is -2.21. The predicted octanol–water partition coefficient (Wildman–Crippen LogP) is 0.735. The number of carbonyl (C=O) groups is 3. The van der Waals surface area contributed by atoms with Crippen LogP contribution in [0.25, 0.3) is 0 Å². The second-order valence-electron chi connectivity index (χ2n) is 5.98. The van der Waals surface area contributed by atoms with Crippen LogP contribution in [0.4, 0.5) is 4.39 Å². The smallest absolute Gasteiger partial charge is 0.307 e. The molecule has 1 aromatic rings. The molecule has 1 aromatic carbocycles. The number of likely N-dealkylation sites (tertiary alicyclic amines) is 1. The van der Waals surface area contributed by atoms with E-state index in [1.54, 1.807) is 11.0 Å². The van der Waals surface area contributed by atoms with Gasteiger partial charge in [-0.2, -0.15) is 0 Å². The highest BCUT2D eigenvalue weighted by Gasteiger charge is 2.60. The monoisotopic (exact) mass is 320 g/mol. The Hall–Kier alpha value is -2.44. The number of nitrogens with one attached hydrogen (secondary N) is 1. The van der Waals surface area contributed by atoms with Gasteiger partial charge < -0.3 is 15.3 Å². The zero-order chi connectivity index (χ0) is 16.6. The first-order valence-electron chi connectivity index (χ1n) is 7.52. The maximum absolute atomic E-state index is 13.4. The van der Waals surface area contributed by atoms with E-state index in [1.165, 1.54) is 18.2 Å². The number of nitrogens with zero attached hydrogens (tertiary/aromatic N) is 1. The van der Waals surface area contributed by atoms with Gasteiger partial charge in [0.25, 0.3) is 5.91 Å². The van der Waals surface area contributed by atoms with E-state index in [0.717, 1.165) is 0 Å². The number of aliphatic carboxylic acids is 1. The summed E-state index contributed by atoms with van der Waals surface area (Å²) in [6.45, 7) is 1.07. The van der Waals surface area contributed by atoms with Crippen LogP contribution in [0.5, 0.6) is 0 Å². The molecule has 6 nitrogen and oxygen atoms in total. The van der Waals surface area contributed by atoms with Crippen LogP contribution in [-0.2, 0) is 9.59 Å². The molecule has 1 saturated carbocycles. The molecule has 3 rings (SSSR count). The Morgan fingerprint density at radius 2 is 1.87 bits per heavy atom. The van der Waals surface area contributed by atoms with Gasteiger partial charge in [0.15, 0.2) is 0 Å². The van der Waals surface area contributed by atoms with Crippen molar-refractivity contribution in [3.8, 4) is 0 Å². The Morgan fingerprint density at radius 3 is 2.48 bits per heavy atom. The van der Waals surface area contributed by atoms with E-state index in [2.05, 4.69) is 5.32 Å². The van der Waals surface area contributed by atoms with E-state index < -0.39 is 17.7 Å². The van der Waals surface area contributed by atoms with Crippen molar-refractivity contribution in [1.29, 1.82) is 0 Å². The molecule has 0 aromatic heterocycles. The van der Waals surface area contributed by atoms with E-state index in [0.29, 0.717) is 13.1 Å². The first-order valence-corrected chi connectivity index (χ1v) is 7.52. The number of fused-ring (bicyclic) bond motifs is 1. The molecule has 2 aliphatic rings. The number of benzene rings is 1. The molecule has 122 valence electrons. The molecule has 0 spiro atoms. The van der Waals surface area contributed by atoms with Gasteiger partial charge in [0, 0.05) is 26.1 Å². The molecule has 23 heavy (non-hydrogen) atoms. The minimum absolute atomic E-state index is 0.0494. The molecule has 1 saturated heterocycles. The molecule has 1 aliphatic carbocycles. The van der Waals surface area contributed by atoms with Crippen LogP contribution < -0.4 is 5.32 Å². The second kappa shape index (κ2) is 5.98. The lowest BCUT2D eigenvalue weighted by molar-refractivity contribution is -0.141. The summed E-state index contributed by atoms with van der Waals surface area (Å²) in [5.41, 5.74) is -0.0494. The number of amides is 2. The first-order chi connectivity index (χ1) is 11.0. The maximum Gasteiger partial charge on any atom is 0.307 e. The molecule has 1 unspecified atom stereocenters. The van der Waals surface area contributed by atoms with Gasteiger partial charge in [-0.15, -0.1) is 0 Å². The van der Waals surface area contributed by atoms with Gasteiger partial charge in [-0.05, 0) is 24.0 Å². The van der Waals surface area contributed by atoms with Gasteiger partial charge in [-0.3, -0.25) is 14.4 Å². The topological polar surface area (TPSA) is 86.7 Å². The fourth-order valence-electron chi connectivity index (χ4n) is 3.28. The van der Waals surface area contributed by atoms with Crippen LogP contribution in [0.3, 0.4) is 0 Å². The summed E-state index contributed by atoms with van der Waals surface area (Å²) < 4.78 is 13.4. The number of piperidine rings is 1. The largest absolute Gasteiger partial charge is 0.481 e. The SMILES string of the molecule is O=C(NCCC(=O)N1C[C@@H]2C(C(=O)O)[C@@H]2C1)c1ccccc1F. The third-order valence-electron chi connectivity index (χ3n) is 4.57. The lowest BCUT2D eigenvalue weighted by atomic mass is 10.2. The molecule has 2 amide bonds. The van der Waals surface area contributed by atoms with Crippen LogP contribution >= 0.6 is 0 Å². The summed E-state index contributed by atoms with van der Waals surface area (Å²) >= 11 is 0. The number of carboxylic acids is 1. The van der Waals surface area contributed by atoms with E-state index in [1.807, 2.05) is 0 Å². The third kappa shape index (κ3) is 3.04. The molecule has 2 fully saturated rings. The van der Waals surface area contributed by atoms with E-state index >= 15 is 0 Å². The van der Waals surface area contributed by atoms with Crippen molar-refractivity contribution in [1.82, 2.24) is 10.2 Å². The number of rotatable bonds is 5. The maximum atomic E-state index is 13.4. The van der Waals surface area contributed by atoms with Crippen LogP contribution in [0.2, 0.25) is 0 Å². The molecule has 0 bridgehead atoms. The van der Waals surface area contributed by atoms with Crippen molar-refractivity contribution >= 4 is 17.8 Å². The molecule has 7 heteroatoms. The van der Waals surface area contributed by atoms with Crippen molar-refractivity contribution in [2.45, 2.75) is 6.42 Å². The molecular formula is C16H17FN2O4. The Bertz CT molecular complexity index is 651. The molecule has 3 atom stereocenters. The fourth-order valence-corrected chi connectivity index (χ4v) is 3.28. The number of carboxylic acid groups (broad SMARTS) is 1. The Labute approximate surface area is 132 Å². The molecule has 2 N–H and O–H groups in total. The van der Waals surface area contributed by atoms with Crippen LogP contribution in [0.15, 0.2) is 24.3 Å². The highest BCUT2D eigenvalue weighted by molar-refractivity contribution is 5.94. The Kier molecular flexibility index (Phi) is 4.02. The number of halogens is 1. The molecule has 0 radical (unpaired) electrons. The highest BCUT2D eigenvalue weighted by Crippen LogP contribution is 2.51. The van der Waals surface area contributed by atoms with Gasteiger partial charge in [-0.25, -0.2) is 4.39 Å². The normalized spacial score (nSPS) is 24.9. The Morgan fingerprint density at radius 1 is 1.22 bits per heavy atom. The van der Waals surface area contributed by atoms with Crippen molar-refractivity contribution in [3.05, 3.63) is 35.6 Å². The van der Waals surface area contributed by atoms with Gasteiger partial charge in [0.05, 0.1) is 11.5 Å². The summed E-state index contributed by atoms with van der Waals surface area (Å²) in [6, 6.07) is 5.65. The van der Waals surface area contributed by atoms with Crippen LogP contribution in [0, 0.1) is 23.6 Å². The van der Waals surface area contributed by atoms with Gasteiger partial charge in [-0.1, -0.05) is 12.1 Å². The zero-order valence-electron chi connectivity index (χ0n) is 12.4.